The van der Waals surface area contributed by atoms with Crippen LogP contribution in [0.2, 0.25) is 5.02 Å². The third-order valence-electron chi connectivity index (χ3n) is 2.41. The van der Waals surface area contributed by atoms with Crippen molar-refractivity contribution in [2.24, 2.45) is 5.73 Å². The van der Waals surface area contributed by atoms with E-state index in [9.17, 15) is 9.59 Å². The lowest BCUT2D eigenvalue weighted by molar-refractivity contribution is -0.120. The molecule has 0 aliphatic rings. The summed E-state index contributed by atoms with van der Waals surface area (Å²) in [6, 6.07) is 4.73. The number of anilines is 1. The van der Waals surface area contributed by atoms with E-state index in [0.717, 1.165) is 12.8 Å². The fourth-order valence-electron chi connectivity index (χ4n) is 1.48. The van der Waals surface area contributed by atoms with E-state index < -0.39 is 5.91 Å². The molecule has 0 unspecified atom stereocenters. The molecule has 0 fully saturated rings. The van der Waals surface area contributed by atoms with Gasteiger partial charge in [-0.2, -0.15) is 0 Å². The first kappa shape index (κ1) is 15.5. The highest BCUT2D eigenvalue weighted by Gasteiger charge is 2.14. The molecule has 6 heteroatoms. The Morgan fingerprint density at radius 2 is 2.16 bits per heavy atom. The molecule has 0 heterocycles. The quantitative estimate of drug-likeness (QED) is 0.753. The number of ether oxygens (including phenoxy) is 1. The largest absolute Gasteiger partial charge is 0.372 e. The SMILES string of the molecule is CCCCOCC(=O)Nc1cccc(Cl)c1C(N)=O. The van der Waals surface area contributed by atoms with Crippen LogP contribution in [0.1, 0.15) is 30.1 Å². The second-order valence-electron chi connectivity index (χ2n) is 3.98. The smallest absolute Gasteiger partial charge is 0.252 e. The summed E-state index contributed by atoms with van der Waals surface area (Å²) in [5, 5.41) is 2.77. The number of unbranched alkanes of at least 4 members (excludes halogenated alkanes) is 1. The standard InChI is InChI=1S/C13H17ClN2O3/c1-2-3-7-19-8-11(17)16-10-6-4-5-9(14)12(10)13(15)18/h4-6H,2-3,7-8H2,1H3,(H2,15,18)(H,16,17). The summed E-state index contributed by atoms with van der Waals surface area (Å²) in [6.07, 6.45) is 1.90. The predicted molar refractivity (Wildman–Crippen MR) is 74.3 cm³/mol. The van der Waals surface area contributed by atoms with Gasteiger partial charge in [0, 0.05) is 6.61 Å². The monoisotopic (exact) mass is 284 g/mol. The second-order valence-corrected chi connectivity index (χ2v) is 4.39. The van der Waals surface area contributed by atoms with Gasteiger partial charge in [0.05, 0.1) is 16.3 Å². The van der Waals surface area contributed by atoms with Crippen LogP contribution in [0, 0.1) is 0 Å². The van der Waals surface area contributed by atoms with Crippen molar-refractivity contribution < 1.29 is 14.3 Å². The summed E-state index contributed by atoms with van der Waals surface area (Å²) < 4.78 is 5.18. The molecule has 2 amide bonds. The van der Waals surface area contributed by atoms with Gasteiger partial charge in [0.2, 0.25) is 5.91 Å². The Morgan fingerprint density at radius 3 is 2.79 bits per heavy atom. The molecule has 0 saturated carbocycles. The summed E-state index contributed by atoms with van der Waals surface area (Å²) in [6.45, 7) is 2.50. The molecule has 0 aliphatic carbocycles. The van der Waals surface area contributed by atoms with Crippen molar-refractivity contribution in [3.63, 3.8) is 0 Å². The number of carbonyl (C=O) groups excluding carboxylic acids is 2. The lowest BCUT2D eigenvalue weighted by atomic mass is 10.1. The summed E-state index contributed by atoms with van der Waals surface area (Å²) in [4.78, 5) is 22.9. The maximum Gasteiger partial charge on any atom is 0.252 e. The van der Waals surface area contributed by atoms with Gasteiger partial charge >= 0.3 is 0 Å². The van der Waals surface area contributed by atoms with Gasteiger partial charge in [0.15, 0.2) is 0 Å². The first-order valence-electron chi connectivity index (χ1n) is 6.02. The summed E-state index contributed by atoms with van der Waals surface area (Å²) in [5.41, 5.74) is 5.62. The zero-order valence-corrected chi connectivity index (χ0v) is 11.5. The van der Waals surface area contributed by atoms with Gasteiger partial charge in [0.1, 0.15) is 6.61 Å². The molecular weight excluding hydrogens is 268 g/mol. The van der Waals surface area contributed by atoms with Gasteiger partial charge in [-0.1, -0.05) is 31.0 Å². The Hall–Kier alpha value is -1.59. The maximum absolute atomic E-state index is 11.6. The van der Waals surface area contributed by atoms with Crippen LogP contribution in [0.3, 0.4) is 0 Å². The second kappa shape index (κ2) is 7.76. The third kappa shape index (κ3) is 4.89. The number of nitrogens with two attached hydrogens (primary N) is 1. The molecular formula is C13H17ClN2O3. The van der Waals surface area contributed by atoms with Crippen LogP contribution in [0.5, 0.6) is 0 Å². The van der Waals surface area contributed by atoms with Gasteiger partial charge in [-0.3, -0.25) is 9.59 Å². The molecule has 1 aromatic rings. The number of rotatable bonds is 7. The number of halogens is 1. The zero-order valence-electron chi connectivity index (χ0n) is 10.7. The van der Waals surface area contributed by atoms with Crippen LogP contribution in [0.25, 0.3) is 0 Å². The van der Waals surface area contributed by atoms with Crippen LogP contribution in [0.15, 0.2) is 18.2 Å². The molecule has 19 heavy (non-hydrogen) atoms. The number of amides is 2. The lowest BCUT2D eigenvalue weighted by Gasteiger charge is -2.10. The molecule has 0 bridgehead atoms. The molecule has 0 aliphatic heterocycles. The first-order valence-corrected chi connectivity index (χ1v) is 6.40. The Balaban J connectivity index is 2.64. The normalized spacial score (nSPS) is 10.2. The average molecular weight is 285 g/mol. The highest BCUT2D eigenvalue weighted by Crippen LogP contribution is 2.23. The first-order chi connectivity index (χ1) is 9.06. The minimum absolute atomic E-state index is 0.0648. The third-order valence-corrected chi connectivity index (χ3v) is 2.72. The van der Waals surface area contributed by atoms with Crippen molar-refractivity contribution in [1.82, 2.24) is 0 Å². The van der Waals surface area contributed by atoms with Crippen molar-refractivity contribution in [1.29, 1.82) is 0 Å². The number of hydrogen-bond acceptors (Lipinski definition) is 3. The van der Waals surface area contributed by atoms with Crippen LogP contribution in [-0.2, 0) is 9.53 Å². The van der Waals surface area contributed by atoms with Crippen molar-refractivity contribution in [2.45, 2.75) is 19.8 Å². The molecule has 0 atom stereocenters. The molecule has 0 spiro atoms. The van der Waals surface area contributed by atoms with Gasteiger partial charge < -0.3 is 15.8 Å². The molecule has 104 valence electrons. The van der Waals surface area contributed by atoms with Gasteiger partial charge in [0.25, 0.3) is 5.91 Å². The number of hydrogen-bond donors (Lipinski definition) is 2. The van der Waals surface area contributed by atoms with Gasteiger partial charge in [-0.05, 0) is 18.6 Å². The van der Waals surface area contributed by atoms with E-state index in [1.807, 2.05) is 6.92 Å². The topological polar surface area (TPSA) is 81.4 Å². The lowest BCUT2D eigenvalue weighted by Crippen LogP contribution is -2.22. The predicted octanol–water partition coefficient (Wildman–Crippen LogP) is 2.19. The highest BCUT2D eigenvalue weighted by atomic mass is 35.5. The van der Waals surface area contributed by atoms with Gasteiger partial charge in [-0.15, -0.1) is 0 Å². The van der Waals surface area contributed by atoms with Crippen molar-refractivity contribution >= 4 is 29.1 Å². The molecule has 0 saturated heterocycles. The van der Waals surface area contributed by atoms with Crippen LogP contribution >= 0.6 is 11.6 Å². The fraction of sp³-hybridized carbons (Fsp3) is 0.385. The number of carbonyl (C=O) groups is 2. The van der Waals surface area contributed by atoms with E-state index in [4.69, 9.17) is 22.1 Å². The van der Waals surface area contributed by atoms with E-state index in [1.165, 1.54) is 6.07 Å². The van der Waals surface area contributed by atoms with Crippen molar-refractivity contribution in [3.05, 3.63) is 28.8 Å². The van der Waals surface area contributed by atoms with Crippen LogP contribution in [0.4, 0.5) is 5.69 Å². The molecule has 3 N–H and O–H groups in total. The Labute approximate surface area is 117 Å². The number of nitrogens with one attached hydrogen (secondary N) is 1. The summed E-state index contributed by atoms with van der Waals surface area (Å²) >= 11 is 5.87. The van der Waals surface area contributed by atoms with Crippen molar-refractivity contribution in [2.75, 3.05) is 18.5 Å². The number of primary amides is 1. The molecule has 1 aromatic carbocycles. The Kier molecular flexibility index (Phi) is 6.32. The Bertz CT molecular complexity index is 463. The van der Waals surface area contributed by atoms with E-state index in [-0.39, 0.29) is 23.1 Å². The van der Waals surface area contributed by atoms with Crippen LogP contribution < -0.4 is 11.1 Å². The van der Waals surface area contributed by atoms with E-state index in [2.05, 4.69) is 5.32 Å². The summed E-state index contributed by atoms with van der Waals surface area (Å²) in [7, 11) is 0. The highest BCUT2D eigenvalue weighted by molar-refractivity contribution is 6.34. The molecule has 0 radical (unpaired) electrons. The Morgan fingerprint density at radius 1 is 1.42 bits per heavy atom. The fourth-order valence-corrected chi connectivity index (χ4v) is 1.74. The van der Waals surface area contributed by atoms with E-state index in [1.54, 1.807) is 12.1 Å². The molecule has 1 rings (SSSR count). The molecule has 0 aromatic heterocycles. The molecule has 5 nitrogen and oxygen atoms in total. The van der Waals surface area contributed by atoms with Crippen molar-refractivity contribution in [3.8, 4) is 0 Å². The van der Waals surface area contributed by atoms with E-state index >= 15 is 0 Å². The van der Waals surface area contributed by atoms with E-state index in [0.29, 0.717) is 12.3 Å². The summed E-state index contributed by atoms with van der Waals surface area (Å²) in [5.74, 6) is -1.03. The van der Waals surface area contributed by atoms with Crippen LogP contribution in [-0.4, -0.2) is 25.0 Å². The minimum atomic E-state index is -0.687. The zero-order chi connectivity index (χ0) is 14.3. The minimum Gasteiger partial charge on any atom is -0.372 e. The number of benzene rings is 1. The van der Waals surface area contributed by atoms with Gasteiger partial charge in [-0.25, -0.2) is 0 Å². The average Bonchev–Trinajstić information content (AvgIpc) is 2.34. The maximum atomic E-state index is 11.6.